The summed E-state index contributed by atoms with van der Waals surface area (Å²) in [6.45, 7) is 0. The lowest BCUT2D eigenvalue weighted by molar-refractivity contribution is 1.28. The quantitative estimate of drug-likeness (QED) is 0.147. The van der Waals surface area contributed by atoms with Gasteiger partial charge in [-0.25, -0.2) is 0 Å². The van der Waals surface area contributed by atoms with E-state index in [1.807, 2.05) is 0 Å². The molecule has 2 heteroatoms. The standard InChI is InChI=1S/C60H42N2/c1-5-20-43(21-6-1)52-33-18-34-57(60(52)61-49-28-11-4-12-29-49)62(51-37-35-42-19-13-14-26-46(42)39-51)50-30-17-27-47(40-50)48-36-38-54-53-31-15-16-32-55(53)58(44-22-7-2-8-23-44)59(56(54)41-48)45-24-9-3-10-25-45/h1-41,61H. The largest absolute Gasteiger partial charge is 0.353 e. The maximum absolute atomic E-state index is 3.88. The monoisotopic (exact) mass is 790 g/mol. The molecule has 0 aromatic heterocycles. The SMILES string of the molecule is c1ccc(Nc2c(-c3ccccc3)cccc2N(c2cccc(-c3ccc4c(c3)c(-c3ccccc3)c(-c3ccccc3)c3ccccc34)c2)c2ccc3ccccc3c2)cc1. The third-order valence-corrected chi connectivity index (χ3v) is 12.0. The van der Waals surface area contributed by atoms with Crippen LogP contribution in [0.3, 0.4) is 0 Å². The van der Waals surface area contributed by atoms with Gasteiger partial charge in [0, 0.05) is 22.6 Å². The van der Waals surface area contributed by atoms with Gasteiger partial charge in [-0.2, -0.15) is 0 Å². The van der Waals surface area contributed by atoms with Gasteiger partial charge in [0.05, 0.1) is 11.4 Å². The molecule has 0 atom stereocenters. The Morgan fingerprint density at radius 2 is 0.823 bits per heavy atom. The van der Waals surface area contributed by atoms with Gasteiger partial charge in [0.25, 0.3) is 0 Å². The molecule has 0 aliphatic rings. The Morgan fingerprint density at radius 1 is 0.290 bits per heavy atom. The molecule has 11 aromatic carbocycles. The van der Waals surface area contributed by atoms with Crippen molar-refractivity contribution in [3.63, 3.8) is 0 Å². The van der Waals surface area contributed by atoms with E-state index in [-0.39, 0.29) is 0 Å². The zero-order valence-electron chi connectivity index (χ0n) is 34.1. The van der Waals surface area contributed by atoms with Crippen LogP contribution in [-0.4, -0.2) is 0 Å². The van der Waals surface area contributed by atoms with E-state index in [1.54, 1.807) is 0 Å². The van der Waals surface area contributed by atoms with E-state index in [1.165, 1.54) is 54.6 Å². The molecule has 2 nitrogen and oxygen atoms in total. The normalized spacial score (nSPS) is 11.2. The first kappa shape index (κ1) is 36.8. The average Bonchev–Trinajstić information content (AvgIpc) is 3.35. The maximum Gasteiger partial charge on any atom is 0.0708 e. The minimum Gasteiger partial charge on any atom is -0.353 e. The van der Waals surface area contributed by atoms with Gasteiger partial charge >= 0.3 is 0 Å². The smallest absolute Gasteiger partial charge is 0.0708 e. The Balaban J connectivity index is 1.14. The van der Waals surface area contributed by atoms with E-state index in [4.69, 9.17) is 0 Å². The third-order valence-electron chi connectivity index (χ3n) is 12.0. The van der Waals surface area contributed by atoms with Gasteiger partial charge in [0.15, 0.2) is 0 Å². The minimum atomic E-state index is 1.03. The Morgan fingerprint density at radius 3 is 1.55 bits per heavy atom. The van der Waals surface area contributed by atoms with Crippen LogP contribution in [0.2, 0.25) is 0 Å². The summed E-state index contributed by atoms with van der Waals surface area (Å²) < 4.78 is 0. The Bertz CT molecular complexity index is 3360. The van der Waals surface area contributed by atoms with E-state index in [0.29, 0.717) is 0 Å². The highest BCUT2D eigenvalue weighted by Gasteiger charge is 2.22. The van der Waals surface area contributed by atoms with E-state index >= 15 is 0 Å². The van der Waals surface area contributed by atoms with Crippen LogP contribution in [0, 0.1) is 0 Å². The van der Waals surface area contributed by atoms with E-state index < -0.39 is 0 Å². The Kier molecular flexibility index (Phi) is 9.57. The van der Waals surface area contributed by atoms with Gasteiger partial charge in [0.1, 0.15) is 0 Å². The van der Waals surface area contributed by atoms with Crippen LogP contribution in [0.5, 0.6) is 0 Å². The highest BCUT2D eigenvalue weighted by atomic mass is 15.2. The fraction of sp³-hybridized carbons (Fsp3) is 0. The summed E-state index contributed by atoms with van der Waals surface area (Å²) in [5.41, 5.74) is 14.7. The van der Waals surface area contributed by atoms with Gasteiger partial charge in [-0.15, -0.1) is 0 Å². The van der Waals surface area contributed by atoms with Crippen molar-refractivity contribution in [2.75, 3.05) is 10.2 Å². The number of anilines is 5. The van der Waals surface area contributed by atoms with Gasteiger partial charge in [0.2, 0.25) is 0 Å². The molecule has 0 saturated carbocycles. The highest BCUT2D eigenvalue weighted by molar-refractivity contribution is 6.22. The van der Waals surface area contributed by atoms with Crippen molar-refractivity contribution >= 4 is 60.8 Å². The zero-order valence-corrected chi connectivity index (χ0v) is 34.1. The number of fused-ring (bicyclic) bond motifs is 4. The highest BCUT2D eigenvalue weighted by Crippen LogP contribution is 2.48. The summed E-state index contributed by atoms with van der Waals surface area (Å²) in [6.07, 6.45) is 0. The molecule has 0 radical (unpaired) electrons. The molecule has 62 heavy (non-hydrogen) atoms. The second-order valence-corrected chi connectivity index (χ2v) is 15.8. The molecular formula is C60H42N2. The van der Waals surface area contributed by atoms with Crippen LogP contribution < -0.4 is 10.2 Å². The number of benzene rings is 11. The maximum atomic E-state index is 3.88. The summed E-state index contributed by atoms with van der Waals surface area (Å²) in [5, 5.41) is 11.2. The van der Waals surface area contributed by atoms with Crippen molar-refractivity contribution in [1.29, 1.82) is 0 Å². The summed E-state index contributed by atoms with van der Waals surface area (Å²) >= 11 is 0. The van der Waals surface area contributed by atoms with E-state index in [2.05, 4.69) is 259 Å². The van der Waals surface area contributed by atoms with Gasteiger partial charge < -0.3 is 10.2 Å². The molecule has 1 N–H and O–H groups in total. The lowest BCUT2D eigenvalue weighted by Crippen LogP contribution is -2.12. The molecule has 0 saturated heterocycles. The second-order valence-electron chi connectivity index (χ2n) is 15.8. The number of para-hydroxylation sites is 2. The van der Waals surface area contributed by atoms with Gasteiger partial charge in [-0.05, 0) is 120 Å². The Hall–Kier alpha value is -8.20. The summed E-state index contributed by atoms with van der Waals surface area (Å²) in [5.74, 6) is 0. The van der Waals surface area contributed by atoms with Crippen LogP contribution in [0.1, 0.15) is 0 Å². The molecule has 0 bridgehead atoms. The lowest BCUT2D eigenvalue weighted by Gasteiger charge is -2.30. The second kappa shape index (κ2) is 16.1. The fourth-order valence-corrected chi connectivity index (χ4v) is 9.13. The number of hydrogen-bond donors (Lipinski definition) is 1. The molecule has 0 amide bonds. The van der Waals surface area contributed by atoms with Crippen molar-refractivity contribution in [2.24, 2.45) is 0 Å². The van der Waals surface area contributed by atoms with Crippen LogP contribution in [0.25, 0.3) is 76.8 Å². The lowest BCUT2D eigenvalue weighted by atomic mass is 9.84. The van der Waals surface area contributed by atoms with Gasteiger partial charge in [-0.1, -0.05) is 200 Å². The van der Waals surface area contributed by atoms with Crippen LogP contribution in [-0.2, 0) is 0 Å². The molecule has 11 aromatic rings. The van der Waals surface area contributed by atoms with Crippen LogP contribution in [0.4, 0.5) is 28.4 Å². The summed E-state index contributed by atoms with van der Waals surface area (Å²) in [4.78, 5) is 2.41. The van der Waals surface area contributed by atoms with Crippen LogP contribution in [0.15, 0.2) is 249 Å². The number of hydrogen-bond acceptors (Lipinski definition) is 2. The predicted octanol–water partition coefficient (Wildman–Crippen LogP) is 17.0. The molecule has 0 aliphatic heterocycles. The molecule has 11 rings (SSSR count). The van der Waals surface area contributed by atoms with Crippen molar-refractivity contribution in [3.05, 3.63) is 249 Å². The van der Waals surface area contributed by atoms with Gasteiger partial charge in [-0.3, -0.25) is 0 Å². The molecule has 0 fully saturated rings. The van der Waals surface area contributed by atoms with Crippen LogP contribution >= 0.6 is 0 Å². The van der Waals surface area contributed by atoms with E-state index in [9.17, 15) is 0 Å². The molecular weight excluding hydrogens is 749 g/mol. The summed E-state index contributed by atoms with van der Waals surface area (Å²) in [7, 11) is 0. The van der Waals surface area contributed by atoms with Crippen molar-refractivity contribution < 1.29 is 0 Å². The fourth-order valence-electron chi connectivity index (χ4n) is 9.13. The first-order valence-electron chi connectivity index (χ1n) is 21.3. The van der Waals surface area contributed by atoms with E-state index in [0.717, 1.165) is 50.7 Å². The summed E-state index contributed by atoms with van der Waals surface area (Å²) in [6, 6.07) is 89.8. The average molecular weight is 791 g/mol. The van der Waals surface area contributed by atoms with Crippen molar-refractivity contribution in [3.8, 4) is 44.5 Å². The molecule has 0 spiro atoms. The first-order valence-corrected chi connectivity index (χ1v) is 21.3. The first-order chi connectivity index (χ1) is 30.8. The topological polar surface area (TPSA) is 15.3 Å². The molecule has 0 heterocycles. The predicted molar refractivity (Wildman–Crippen MR) is 265 cm³/mol. The Labute approximate surface area is 362 Å². The minimum absolute atomic E-state index is 1.03. The number of nitrogens with zero attached hydrogens (tertiary/aromatic N) is 1. The third kappa shape index (κ3) is 6.84. The van der Waals surface area contributed by atoms with Crippen molar-refractivity contribution in [2.45, 2.75) is 0 Å². The zero-order chi connectivity index (χ0) is 41.2. The number of rotatable bonds is 9. The van der Waals surface area contributed by atoms with Crippen molar-refractivity contribution in [1.82, 2.24) is 0 Å². The molecule has 292 valence electrons. The number of nitrogens with one attached hydrogen (secondary N) is 1. The molecule has 0 aliphatic carbocycles. The molecule has 0 unspecified atom stereocenters.